The summed E-state index contributed by atoms with van der Waals surface area (Å²) in [5, 5.41) is 0. The Kier molecular flexibility index (Phi) is 1890. The van der Waals surface area contributed by atoms with E-state index in [1.54, 1.807) is 0 Å². The normalized spacial score (nSPS) is 0. The monoisotopic (exact) mass is 230 g/mol. The fraction of sp³-hybridized carbons (Fsp3) is 0.333. The van der Waals surface area contributed by atoms with Gasteiger partial charge in [-0.15, -0.1) is 0 Å². The van der Waals surface area contributed by atoms with E-state index in [2.05, 4.69) is 0 Å². The maximum atomic E-state index is 0. The Morgan fingerprint density at radius 1 is 0.750 bits per heavy atom. The molecule has 0 aliphatic heterocycles. The first kappa shape index (κ1) is 135. The predicted molar refractivity (Wildman–Crippen MR) is 19.6 cm³/mol. The van der Waals surface area contributed by atoms with Crippen molar-refractivity contribution in [2.75, 3.05) is 0 Å². The average molecular weight is 230 g/mol. The van der Waals surface area contributed by atoms with E-state index >= 15 is 0 Å². The smallest absolute Gasteiger partial charge is 0.358 e. The summed E-state index contributed by atoms with van der Waals surface area (Å²) >= 11 is 0. The molecule has 0 fully saturated rings. The van der Waals surface area contributed by atoms with E-state index in [1.807, 2.05) is 0 Å². The summed E-state index contributed by atoms with van der Waals surface area (Å²) < 4.78 is 0. The fourth-order valence-electron chi connectivity index (χ4n) is 0. The van der Waals surface area contributed by atoms with Gasteiger partial charge in [-0.25, -0.2) is 0 Å². The van der Waals surface area contributed by atoms with Gasteiger partial charge in [0.1, 0.15) is 0 Å². The van der Waals surface area contributed by atoms with Crippen LogP contribution in [-0.4, -0.2) is 0 Å². The van der Waals surface area contributed by atoms with Crippen LogP contribution in [0.2, 0.25) is 0 Å². The fourth-order valence-corrected chi connectivity index (χ4v) is 0. The van der Waals surface area contributed by atoms with Crippen LogP contribution in [0.4, 0.5) is 0 Å². The SMILES string of the molecule is C.[CH3-].[CH3-].[W+2]. The molecule has 0 heterocycles. The molecule has 0 amide bonds. The van der Waals surface area contributed by atoms with Gasteiger partial charge in [-0.2, -0.15) is 0 Å². The maximum Gasteiger partial charge on any atom is 2.00 e. The van der Waals surface area contributed by atoms with Gasteiger partial charge in [0.15, 0.2) is 0 Å². The summed E-state index contributed by atoms with van der Waals surface area (Å²) in [6, 6.07) is 0. The van der Waals surface area contributed by atoms with Crippen LogP contribution in [0.25, 0.3) is 0 Å². The van der Waals surface area contributed by atoms with E-state index < -0.39 is 0 Å². The molecule has 0 aromatic rings. The molecule has 0 atom stereocenters. The van der Waals surface area contributed by atoms with Gasteiger partial charge >= 0.3 is 21.1 Å². The maximum absolute atomic E-state index is 0. The first-order chi connectivity index (χ1) is 0. The van der Waals surface area contributed by atoms with E-state index in [1.165, 1.54) is 0 Å². The van der Waals surface area contributed by atoms with Crippen LogP contribution in [0.3, 0.4) is 0 Å². The van der Waals surface area contributed by atoms with Crippen LogP contribution >= 0.6 is 0 Å². The van der Waals surface area contributed by atoms with Crippen LogP contribution in [-0.2, 0) is 21.1 Å². The van der Waals surface area contributed by atoms with Crippen LogP contribution in [0.5, 0.6) is 0 Å². The van der Waals surface area contributed by atoms with E-state index in [4.69, 9.17) is 0 Å². The molecule has 0 spiro atoms. The van der Waals surface area contributed by atoms with Crippen LogP contribution < -0.4 is 0 Å². The van der Waals surface area contributed by atoms with E-state index in [-0.39, 0.29) is 43.3 Å². The molecule has 0 radical (unpaired) electrons. The minimum absolute atomic E-state index is 0. The third-order valence-electron chi connectivity index (χ3n) is 0. The second kappa shape index (κ2) is 56.3. The quantitative estimate of drug-likeness (QED) is 0.553. The zero-order chi connectivity index (χ0) is 0. The van der Waals surface area contributed by atoms with Crippen molar-refractivity contribution in [3.63, 3.8) is 0 Å². The Morgan fingerprint density at radius 3 is 0.750 bits per heavy atom. The van der Waals surface area contributed by atoms with Gasteiger partial charge in [-0.3, -0.25) is 0 Å². The van der Waals surface area contributed by atoms with Crippen LogP contribution in [0, 0.1) is 14.9 Å². The van der Waals surface area contributed by atoms with Crippen molar-refractivity contribution < 1.29 is 21.1 Å². The second-order valence-corrected chi connectivity index (χ2v) is 0. The van der Waals surface area contributed by atoms with Crippen molar-refractivity contribution in [1.82, 2.24) is 0 Å². The molecule has 0 aromatic carbocycles. The Morgan fingerprint density at radius 2 is 0.750 bits per heavy atom. The van der Waals surface area contributed by atoms with Gasteiger partial charge in [0.2, 0.25) is 0 Å². The van der Waals surface area contributed by atoms with E-state index in [9.17, 15) is 0 Å². The Balaban J connectivity index is 0. The summed E-state index contributed by atoms with van der Waals surface area (Å²) in [7, 11) is 0. The first-order valence-corrected chi connectivity index (χ1v) is 0. The minimum Gasteiger partial charge on any atom is -0.358 e. The molecular weight excluding hydrogens is 220 g/mol. The zero-order valence-electron chi connectivity index (χ0n) is 2.41. The molecule has 4 heavy (non-hydrogen) atoms. The molecule has 0 unspecified atom stereocenters. The van der Waals surface area contributed by atoms with Gasteiger partial charge in [0.25, 0.3) is 0 Å². The van der Waals surface area contributed by atoms with Gasteiger partial charge in [0.05, 0.1) is 0 Å². The Labute approximate surface area is 43.9 Å². The molecule has 0 aromatic heterocycles. The van der Waals surface area contributed by atoms with Crippen LogP contribution in [0.15, 0.2) is 0 Å². The molecule has 1 heteroatoms. The van der Waals surface area contributed by atoms with Crippen molar-refractivity contribution in [3.05, 3.63) is 14.9 Å². The molecule has 0 N–H and O–H groups in total. The van der Waals surface area contributed by atoms with Crippen molar-refractivity contribution in [1.29, 1.82) is 0 Å². The Bertz CT molecular complexity index is 3.25. The summed E-state index contributed by atoms with van der Waals surface area (Å²) in [6.07, 6.45) is 0. The molecule has 0 saturated heterocycles. The van der Waals surface area contributed by atoms with E-state index in [0.717, 1.165) is 0 Å². The van der Waals surface area contributed by atoms with Gasteiger partial charge in [-0.1, -0.05) is 7.43 Å². The number of hydrogen-bond donors (Lipinski definition) is 0. The van der Waals surface area contributed by atoms with Crippen molar-refractivity contribution in [2.45, 2.75) is 7.43 Å². The topological polar surface area (TPSA) is 0 Å². The van der Waals surface area contributed by atoms with Crippen molar-refractivity contribution in [3.8, 4) is 0 Å². The molecule has 28 valence electrons. The van der Waals surface area contributed by atoms with E-state index in [0.29, 0.717) is 0 Å². The summed E-state index contributed by atoms with van der Waals surface area (Å²) in [4.78, 5) is 0. The van der Waals surface area contributed by atoms with Crippen molar-refractivity contribution >= 4 is 0 Å². The molecule has 0 aliphatic rings. The van der Waals surface area contributed by atoms with Crippen molar-refractivity contribution in [2.24, 2.45) is 0 Å². The average Bonchev–Trinajstić information content (AvgIpc) is 0. The third kappa shape index (κ3) is 16.2. The van der Waals surface area contributed by atoms with Gasteiger partial charge < -0.3 is 14.9 Å². The summed E-state index contributed by atoms with van der Waals surface area (Å²) in [5.41, 5.74) is 0. The van der Waals surface area contributed by atoms with Gasteiger partial charge in [0, 0.05) is 0 Å². The van der Waals surface area contributed by atoms with Crippen LogP contribution in [0.1, 0.15) is 7.43 Å². The number of rotatable bonds is 0. The first-order valence-electron chi connectivity index (χ1n) is 0. The summed E-state index contributed by atoms with van der Waals surface area (Å²) in [5.74, 6) is 0. The molecule has 0 rings (SSSR count). The standard InChI is InChI=1S/CH4.2CH3.W/h1H4;2*1H3;/q;2*-1;+2. The predicted octanol–water partition coefficient (Wildman–Crippen LogP) is 1.53. The Hall–Kier alpha value is 0.688. The summed E-state index contributed by atoms with van der Waals surface area (Å²) in [6.45, 7) is 0. The molecular formula is C3H10W. The second-order valence-electron chi connectivity index (χ2n) is 0. The zero-order valence-corrected chi connectivity index (χ0v) is 5.34. The minimum atomic E-state index is 0. The number of hydrogen-bond acceptors (Lipinski definition) is 0. The molecule has 0 aliphatic carbocycles. The van der Waals surface area contributed by atoms with Gasteiger partial charge in [-0.05, 0) is 0 Å². The third-order valence-corrected chi connectivity index (χ3v) is 0. The largest absolute Gasteiger partial charge is 2.00 e. The molecule has 0 nitrogen and oxygen atoms in total. The molecule has 0 bridgehead atoms. The molecule has 0 saturated carbocycles.